The molecular weight excluding hydrogens is 384 g/mol. The topological polar surface area (TPSA) is 18.5 Å². The molecule has 0 aliphatic rings. The Hall–Kier alpha value is -0.0762. The maximum atomic E-state index is 6.86. The Morgan fingerprint density at radius 2 is 1.19 bits per heavy atom. The van der Waals surface area contributed by atoms with E-state index in [9.17, 15) is 0 Å². The van der Waals surface area contributed by atoms with Gasteiger partial charge in [0.2, 0.25) is 0 Å². The van der Waals surface area contributed by atoms with Gasteiger partial charge in [-0.3, -0.25) is 0 Å². The Bertz CT molecular complexity index is 598. The van der Waals surface area contributed by atoms with Gasteiger partial charge in [-0.05, 0) is 62.2 Å². The maximum Gasteiger partial charge on any atom is 0.193 e. The van der Waals surface area contributed by atoms with Gasteiger partial charge < -0.3 is 8.85 Å². The Kier molecular flexibility index (Phi) is 8.08. The van der Waals surface area contributed by atoms with Gasteiger partial charge in [0.15, 0.2) is 16.6 Å². The summed E-state index contributed by atoms with van der Waals surface area (Å²) in [5.41, 5.74) is 1.29. The third-order valence-electron chi connectivity index (χ3n) is 6.16. The first-order valence-electron chi connectivity index (χ1n) is 10.1. The second kappa shape index (κ2) is 8.74. The van der Waals surface area contributed by atoms with Crippen molar-refractivity contribution >= 4 is 28.4 Å². The molecule has 0 spiro atoms. The van der Waals surface area contributed by atoms with Crippen molar-refractivity contribution in [2.24, 2.45) is 0 Å². The minimum absolute atomic E-state index is 0.00252. The van der Waals surface area contributed by atoms with Crippen LogP contribution in [0.15, 0.2) is 29.2 Å². The molecule has 0 saturated heterocycles. The number of hydrogen-bond acceptors (Lipinski definition) is 3. The van der Waals surface area contributed by atoms with E-state index in [2.05, 4.69) is 106 Å². The molecule has 2 nitrogen and oxygen atoms in total. The van der Waals surface area contributed by atoms with Gasteiger partial charge in [0.1, 0.15) is 5.44 Å². The smallest absolute Gasteiger partial charge is 0.193 e. The van der Waals surface area contributed by atoms with Crippen molar-refractivity contribution in [2.75, 3.05) is 0 Å². The lowest BCUT2D eigenvalue weighted by atomic mass is 10.2. The zero-order chi connectivity index (χ0) is 21.3. The van der Waals surface area contributed by atoms with E-state index in [0.717, 1.165) is 0 Å². The summed E-state index contributed by atoms with van der Waals surface area (Å²) in [6.07, 6.45) is 0.0475. The fourth-order valence-electron chi connectivity index (χ4n) is 2.13. The lowest BCUT2D eigenvalue weighted by molar-refractivity contribution is 0.0999. The number of rotatable bonds is 7. The van der Waals surface area contributed by atoms with Crippen LogP contribution in [0.4, 0.5) is 0 Å². The maximum absolute atomic E-state index is 6.86. The molecule has 156 valence electrons. The van der Waals surface area contributed by atoms with Gasteiger partial charge >= 0.3 is 0 Å². The zero-order valence-electron chi connectivity index (χ0n) is 19.7. The fraction of sp³-hybridized carbons (Fsp3) is 0.727. The summed E-state index contributed by atoms with van der Waals surface area (Å²) in [7, 11) is -3.76. The fourth-order valence-corrected chi connectivity index (χ4v) is 6.48. The number of benzene rings is 1. The molecule has 1 aromatic rings. The van der Waals surface area contributed by atoms with Gasteiger partial charge in [0, 0.05) is 4.90 Å². The van der Waals surface area contributed by atoms with Crippen LogP contribution in [-0.4, -0.2) is 28.2 Å². The number of thioether (sulfide) groups is 1. The SMILES string of the molecule is Cc1ccc(S[C@H](O[Si](C)(C)C(C)(C)C)[C@H](C)O[Si](C)(C)C(C)(C)C)cc1. The molecule has 0 aliphatic heterocycles. The van der Waals surface area contributed by atoms with Crippen LogP contribution in [0.2, 0.25) is 36.3 Å². The van der Waals surface area contributed by atoms with Crippen molar-refractivity contribution in [3.8, 4) is 0 Å². The van der Waals surface area contributed by atoms with Crippen molar-refractivity contribution in [3.63, 3.8) is 0 Å². The third-order valence-corrected chi connectivity index (χ3v) is 16.6. The molecule has 0 amide bonds. The minimum Gasteiger partial charge on any atom is -0.411 e. The molecule has 0 saturated carbocycles. The Balaban J connectivity index is 3.11. The molecule has 1 rings (SSSR count). The monoisotopic (exact) mass is 426 g/mol. The molecular formula is C22H42O2SSi2. The molecule has 0 bridgehead atoms. The lowest BCUT2D eigenvalue weighted by Gasteiger charge is -2.44. The summed E-state index contributed by atoms with van der Waals surface area (Å²) in [5.74, 6) is 0. The summed E-state index contributed by atoms with van der Waals surface area (Å²) < 4.78 is 13.6. The van der Waals surface area contributed by atoms with Crippen molar-refractivity contribution in [2.45, 2.75) is 108 Å². The van der Waals surface area contributed by atoms with Crippen LogP contribution in [0.1, 0.15) is 54.0 Å². The van der Waals surface area contributed by atoms with Gasteiger partial charge in [-0.15, -0.1) is 0 Å². The standard InChI is InChI=1S/C22H42O2SSi2/c1-17-13-15-19(16-14-17)25-20(24-27(11,12)22(6,7)8)18(2)23-26(9,10)21(3,4)5/h13-16,18,20H,1-12H3/t18-,20-/m0/s1. The highest BCUT2D eigenvalue weighted by Gasteiger charge is 2.43. The summed E-state index contributed by atoms with van der Waals surface area (Å²) in [4.78, 5) is 1.25. The second-order valence-corrected chi connectivity index (χ2v) is 21.4. The van der Waals surface area contributed by atoms with Gasteiger partial charge in [0.25, 0.3) is 0 Å². The zero-order valence-corrected chi connectivity index (χ0v) is 22.5. The molecule has 0 heterocycles. The van der Waals surface area contributed by atoms with E-state index in [1.54, 1.807) is 0 Å². The summed E-state index contributed by atoms with van der Waals surface area (Å²) >= 11 is 1.81. The average Bonchev–Trinajstić information content (AvgIpc) is 2.45. The second-order valence-electron chi connectivity index (χ2n) is 10.8. The van der Waals surface area contributed by atoms with Gasteiger partial charge in [-0.25, -0.2) is 0 Å². The third kappa shape index (κ3) is 7.04. The highest BCUT2D eigenvalue weighted by atomic mass is 32.2. The molecule has 0 unspecified atom stereocenters. The Labute approximate surface area is 175 Å². The molecule has 5 heteroatoms. The van der Waals surface area contributed by atoms with E-state index in [1.807, 2.05) is 11.8 Å². The van der Waals surface area contributed by atoms with Gasteiger partial charge in [-0.1, -0.05) is 71.0 Å². The van der Waals surface area contributed by atoms with Crippen LogP contribution in [0.3, 0.4) is 0 Å². The normalized spacial score (nSPS) is 16.3. The predicted molar refractivity (Wildman–Crippen MR) is 127 cm³/mol. The number of aryl methyl sites for hydroxylation is 1. The van der Waals surface area contributed by atoms with E-state index in [0.29, 0.717) is 0 Å². The first kappa shape index (κ1) is 25.0. The lowest BCUT2D eigenvalue weighted by Crippen LogP contribution is -2.50. The van der Waals surface area contributed by atoms with Crippen LogP contribution in [0, 0.1) is 6.92 Å². The molecule has 2 atom stereocenters. The Morgan fingerprint density at radius 1 is 0.778 bits per heavy atom. The van der Waals surface area contributed by atoms with Gasteiger partial charge in [0.05, 0.1) is 6.10 Å². The predicted octanol–water partition coefficient (Wildman–Crippen LogP) is 7.85. The van der Waals surface area contributed by atoms with Crippen LogP contribution < -0.4 is 0 Å². The van der Waals surface area contributed by atoms with E-state index in [4.69, 9.17) is 8.85 Å². The first-order chi connectivity index (χ1) is 12.0. The van der Waals surface area contributed by atoms with Crippen molar-refractivity contribution in [1.82, 2.24) is 0 Å². The van der Waals surface area contributed by atoms with Crippen molar-refractivity contribution < 1.29 is 8.85 Å². The molecule has 0 N–H and O–H groups in total. The summed E-state index contributed by atoms with van der Waals surface area (Å²) in [5, 5.41) is 0.368. The van der Waals surface area contributed by atoms with Crippen molar-refractivity contribution in [1.29, 1.82) is 0 Å². The highest BCUT2D eigenvalue weighted by Crippen LogP contribution is 2.43. The van der Waals surface area contributed by atoms with Crippen LogP contribution in [0.5, 0.6) is 0 Å². The van der Waals surface area contributed by atoms with Crippen LogP contribution in [0.25, 0.3) is 0 Å². The molecule has 0 fully saturated rings. The quantitative estimate of drug-likeness (QED) is 0.251. The molecule has 27 heavy (non-hydrogen) atoms. The largest absolute Gasteiger partial charge is 0.411 e. The van der Waals surface area contributed by atoms with Crippen molar-refractivity contribution in [3.05, 3.63) is 29.8 Å². The Morgan fingerprint density at radius 3 is 1.59 bits per heavy atom. The minimum atomic E-state index is -1.90. The first-order valence-corrected chi connectivity index (χ1v) is 16.7. The molecule has 0 aliphatic carbocycles. The summed E-state index contributed by atoms with van der Waals surface area (Å²) in [6.45, 7) is 27.4. The van der Waals surface area contributed by atoms with E-state index < -0.39 is 16.6 Å². The number of hydrogen-bond donors (Lipinski definition) is 0. The summed E-state index contributed by atoms with van der Waals surface area (Å²) in [6, 6.07) is 8.73. The molecule has 1 aromatic carbocycles. The van der Waals surface area contributed by atoms with Crippen LogP contribution in [-0.2, 0) is 8.85 Å². The van der Waals surface area contributed by atoms with E-state index >= 15 is 0 Å². The van der Waals surface area contributed by atoms with Gasteiger partial charge in [-0.2, -0.15) is 0 Å². The molecule has 0 aromatic heterocycles. The highest BCUT2D eigenvalue weighted by molar-refractivity contribution is 7.99. The average molecular weight is 427 g/mol. The molecule has 0 radical (unpaired) electrons. The van der Waals surface area contributed by atoms with Crippen LogP contribution >= 0.6 is 11.8 Å². The van der Waals surface area contributed by atoms with E-state index in [-0.39, 0.29) is 21.6 Å². The van der Waals surface area contributed by atoms with E-state index in [1.165, 1.54) is 10.5 Å².